The molecule has 1 aromatic carbocycles. The van der Waals surface area contributed by atoms with Crippen LogP contribution in [-0.4, -0.2) is 33.3 Å². The summed E-state index contributed by atoms with van der Waals surface area (Å²) in [7, 11) is 0. The molecule has 1 heterocycles. The maximum Gasteiger partial charge on any atom is 0.336 e. The van der Waals surface area contributed by atoms with Crippen molar-refractivity contribution in [2.45, 2.75) is 25.9 Å². The summed E-state index contributed by atoms with van der Waals surface area (Å²) in [6, 6.07) is 8.45. The third kappa shape index (κ3) is 3.05. The van der Waals surface area contributed by atoms with E-state index in [1.165, 1.54) is 0 Å². The highest BCUT2D eigenvalue weighted by atomic mass is 16.4. The molecular weight excluding hydrogens is 256 g/mol. The molecule has 0 aliphatic carbocycles. The fourth-order valence-corrected chi connectivity index (χ4v) is 1.85. The van der Waals surface area contributed by atoms with Gasteiger partial charge in [0.15, 0.2) is 0 Å². The van der Waals surface area contributed by atoms with Crippen molar-refractivity contribution in [2.75, 3.05) is 11.9 Å². The van der Waals surface area contributed by atoms with Crippen molar-refractivity contribution in [3.8, 4) is 0 Å². The Morgan fingerprint density at radius 1 is 1.35 bits per heavy atom. The molecule has 0 aliphatic heterocycles. The predicted octanol–water partition coefficient (Wildman–Crippen LogP) is 2.51. The van der Waals surface area contributed by atoms with Gasteiger partial charge in [-0.2, -0.15) is 0 Å². The van der Waals surface area contributed by atoms with Crippen molar-refractivity contribution in [2.24, 2.45) is 0 Å². The third-order valence-electron chi connectivity index (χ3n) is 3.37. The van der Waals surface area contributed by atoms with Crippen LogP contribution in [0.3, 0.4) is 0 Å². The summed E-state index contributed by atoms with van der Waals surface area (Å²) in [6.45, 7) is 4.05. The monoisotopic (exact) mass is 274 g/mol. The first-order chi connectivity index (χ1) is 9.43. The van der Waals surface area contributed by atoms with Crippen molar-refractivity contribution in [1.82, 2.24) is 4.98 Å². The van der Waals surface area contributed by atoms with Crippen LogP contribution < -0.4 is 5.32 Å². The second-order valence-corrected chi connectivity index (χ2v) is 5.08. The van der Waals surface area contributed by atoms with Crippen LogP contribution in [0.25, 0.3) is 10.9 Å². The van der Waals surface area contributed by atoms with E-state index in [9.17, 15) is 9.90 Å². The molecule has 106 valence electrons. The van der Waals surface area contributed by atoms with Gasteiger partial charge in [-0.15, -0.1) is 0 Å². The lowest BCUT2D eigenvalue weighted by Crippen LogP contribution is -2.32. The number of carboxylic acids is 1. The number of nitrogens with zero attached hydrogens (tertiary/aromatic N) is 1. The number of hydrogen-bond donors (Lipinski definition) is 3. The predicted molar refractivity (Wildman–Crippen MR) is 78.1 cm³/mol. The topological polar surface area (TPSA) is 82.5 Å². The van der Waals surface area contributed by atoms with Gasteiger partial charge >= 0.3 is 5.97 Å². The zero-order valence-electron chi connectivity index (χ0n) is 11.6. The number of aromatic nitrogens is 1. The average molecular weight is 274 g/mol. The van der Waals surface area contributed by atoms with E-state index in [0.717, 1.165) is 0 Å². The Labute approximate surface area is 117 Å². The molecule has 0 spiro atoms. The highest BCUT2D eigenvalue weighted by Gasteiger charge is 2.17. The van der Waals surface area contributed by atoms with E-state index in [1.54, 1.807) is 37.3 Å². The van der Waals surface area contributed by atoms with Gasteiger partial charge < -0.3 is 15.5 Å². The minimum atomic E-state index is -0.966. The Morgan fingerprint density at radius 2 is 2.10 bits per heavy atom. The Balaban J connectivity index is 2.29. The van der Waals surface area contributed by atoms with Crippen LogP contribution >= 0.6 is 0 Å². The van der Waals surface area contributed by atoms with Crippen molar-refractivity contribution in [1.29, 1.82) is 0 Å². The zero-order chi connectivity index (χ0) is 14.8. The number of rotatable bonds is 5. The van der Waals surface area contributed by atoms with Gasteiger partial charge in [-0.05, 0) is 37.6 Å². The molecule has 3 N–H and O–H groups in total. The van der Waals surface area contributed by atoms with Crippen LogP contribution in [0.2, 0.25) is 0 Å². The van der Waals surface area contributed by atoms with Crippen molar-refractivity contribution >= 4 is 22.7 Å². The highest BCUT2D eigenvalue weighted by Crippen LogP contribution is 2.20. The third-order valence-corrected chi connectivity index (χ3v) is 3.37. The van der Waals surface area contributed by atoms with Crippen LogP contribution in [0, 0.1) is 0 Å². The SMILES string of the molecule is CCC(C)(O)CNc1ccc2c(C(=O)O)cccc2n1. The summed E-state index contributed by atoms with van der Waals surface area (Å²) in [5.41, 5.74) is 0.0627. The molecule has 2 rings (SSSR count). The molecule has 0 amide bonds. The summed E-state index contributed by atoms with van der Waals surface area (Å²) in [4.78, 5) is 15.5. The zero-order valence-corrected chi connectivity index (χ0v) is 11.6. The minimum Gasteiger partial charge on any atom is -0.478 e. The van der Waals surface area contributed by atoms with Gasteiger partial charge in [-0.3, -0.25) is 0 Å². The quantitative estimate of drug-likeness (QED) is 0.780. The summed E-state index contributed by atoms with van der Waals surface area (Å²) in [5.74, 6) is -0.346. The van der Waals surface area contributed by atoms with Gasteiger partial charge in [-0.25, -0.2) is 9.78 Å². The van der Waals surface area contributed by atoms with Gasteiger partial charge in [0.1, 0.15) is 5.82 Å². The van der Waals surface area contributed by atoms with Gasteiger partial charge in [0.25, 0.3) is 0 Å². The minimum absolute atomic E-state index is 0.238. The average Bonchev–Trinajstić information content (AvgIpc) is 2.44. The normalized spacial score (nSPS) is 13.9. The van der Waals surface area contributed by atoms with E-state index < -0.39 is 11.6 Å². The van der Waals surface area contributed by atoms with Crippen LogP contribution in [0.4, 0.5) is 5.82 Å². The van der Waals surface area contributed by atoms with E-state index in [2.05, 4.69) is 10.3 Å². The lowest BCUT2D eigenvalue weighted by molar-refractivity contribution is 0.0691. The van der Waals surface area contributed by atoms with Crippen molar-refractivity contribution in [3.63, 3.8) is 0 Å². The Hall–Kier alpha value is -2.14. The number of aliphatic hydroxyl groups is 1. The van der Waals surface area contributed by atoms with E-state index in [1.807, 2.05) is 6.92 Å². The van der Waals surface area contributed by atoms with Crippen LogP contribution in [-0.2, 0) is 0 Å². The van der Waals surface area contributed by atoms with E-state index in [4.69, 9.17) is 5.11 Å². The molecular formula is C15H18N2O3. The maximum absolute atomic E-state index is 11.1. The maximum atomic E-state index is 11.1. The van der Waals surface area contributed by atoms with Gasteiger partial charge in [0.2, 0.25) is 0 Å². The second kappa shape index (κ2) is 5.46. The van der Waals surface area contributed by atoms with Crippen molar-refractivity contribution < 1.29 is 15.0 Å². The number of nitrogens with one attached hydrogen (secondary N) is 1. The van der Waals surface area contributed by atoms with Gasteiger partial charge in [0.05, 0.1) is 16.7 Å². The number of carboxylic acid groups (broad SMARTS) is 1. The Bertz CT molecular complexity index is 638. The second-order valence-electron chi connectivity index (χ2n) is 5.08. The summed E-state index contributed by atoms with van der Waals surface area (Å²) >= 11 is 0. The molecule has 0 fully saturated rings. The first-order valence-corrected chi connectivity index (χ1v) is 6.52. The number of pyridine rings is 1. The molecule has 0 aliphatic rings. The molecule has 5 nitrogen and oxygen atoms in total. The van der Waals surface area contributed by atoms with E-state index in [-0.39, 0.29) is 5.56 Å². The summed E-state index contributed by atoms with van der Waals surface area (Å²) < 4.78 is 0. The lowest BCUT2D eigenvalue weighted by Gasteiger charge is -2.22. The smallest absolute Gasteiger partial charge is 0.336 e. The molecule has 0 saturated carbocycles. The molecule has 0 bridgehead atoms. The molecule has 2 aromatic rings. The standard InChI is InChI=1S/C15H18N2O3/c1-3-15(2,20)9-16-13-8-7-10-11(14(18)19)5-4-6-12(10)17-13/h4-8,20H,3,9H2,1-2H3,(H,16,17)(H,18,19). The molecule has 1 unspecified atom stereocenters. The van der Waals surface area contributed by atoms with E-state index >= 15 is 0 Å². The Morgan fingerprint density at radius 3 is 2.75 bits per heavy atom. The first-order valence-electron chi connectivity index (χ1n) is 6.52. The summed E-state index contributed by atoms with van der Waals surface area (Å²) in [6.07, 6.45) is 0.636. The fourth-order valence-electron chi connectivity index (χ4n) is 1.85. The molecule has 0 saturated heterocycles. The number of carbonyl (C=O) groups is 1. The number of anilines is 1. The number of fused-ring (bicyclic) bond motifs is 1. The van der Waals surface area contributed by atoms with Gasteiger partial charge in [0, 0.05) is 11.9 Å². The number of aromatic carboxylic acids is 1. The largest absolute Gasteiger partial charge is 0.478 e. The fraction of sp³-hybridized carbons (Fsp3) is 0.333. The first kappa shape index (κ1) is 14.3. The molecule has 20 heavy (non-hydrogen) atoms. The Kier molecular flexibility index (Phi) is 3.90. The van der Waals surface area contributed by atoms with Crippen LogP contribution in [0.5, 0.6) is 0 Å². The molecule has 1 aromatic heterocycles. The highest BCUT2D eigenvalue weighted by molar-refractivity contribution is 6.02. The van der Waals surface area contributed by atoms with Crippen LogP contribution in [0.1, 0.15) is 30.6 Å². The van der Waals surface area contributed by atoms with Gasteiger partial charge in [-0.1, -0.05) is 13.0 Å². The molecule has 5 heteroatoms. The van der Waals surface area contributed by atoms with Crippen LogP contribution in [0.15, 0.2) is 30.3 Å². The number of hydrogen-bond acceptors (Lipinski definition) is 4. The lowest BCUT2D eigenvalue weighted by atomic mass is 10.0. The molecule has 0 radical (unpaired) electrons. The molecule has 1 atom stereocenters. The number of benzene rings is 1. The van der Waals surface area contributed by atoms with Crippen molar-refractivity contribution in [3.05, 3.63) is 35.9 Å². The van der Waals surface area contributed by atoms with E-state index in [0.29, 0.717) is 29.7 Å². The summed E-state index contributed by atoms with van der Waals surface area (Å²) in [5, 5.41) is 22.7.